The van der Waals surface area contributed by atoms with Crippen molar-refractivity contribution in [2.24, 2.45) is 0 Å². The van der Waals surface area contributed by atoms with Gasteiger partial charge in [0.15, 0.2) is 23.0 Å². The molecule has 0 aliphatic heterocycles. The number of rotatable bonds is 3. The molecule has 0 unspecified atom stereocenters. The molecule has 0 fully saturated rings. The quantitative estimate of drug-likeness (QED) is 0.271. The summed E-state index contributed by atoms with van der Waals surface area (Å²) in [6, 6.07) is 6.31. The highest BCUT2D eigenvalue weighted by molar-refractivity contribution is 6.34. The highest BCUT2D eigenvalue weighted by Crippen LogP contribution is 2.34. The van der Waals surface area contributed by atoms with E-state index < -0.39 is 5.97 Å². The van der Waals surface area contributed by atoms with Crippen LogP contribution < -0.4 is 14.2 Å². The molecule has 0 spiro atoms. The molecular weight excluding hydrogens is 447 g/mol. The van der Waals surface area contributed by atoms with E-state index >= 15 is 0 Å². The zero-order valence-electron chi connectivity index (χ0n) is 16.6. The molecule has 2 aromatic heterocycles. The fraction of sp³-hybridized carbons (Fsp3) is 0.150. The molecule has 0 aliphatic carbocycles. The summed E-state index contributed by atoms with van der Waals surface area (Å²) in [6.07, 6.45) is 2.72. The first-order chi connectivity index (χ1) is 14.8. The lowest BCUT2D eigenvalue weighted by atomic mass is 10.2. The maximum absolute atomic E-state index is 11.0. The highest BCUT2D eigenvalue weighted by atomic mass is 35.5. The first kappa shape index (κ1) is 22.3. The zero-order chi connectivity index (χ0) is 22.5. The van der Waals surface area contributed by atoms with Gasteiger partial charge in [-0.1, -0.05) is 23.2 Å². The van der Waals surface area contributed by atoms with Crippen molar-refractivity contribution >= 4 is 51.0 Å². The largest absolute Gasteiger partial charge is 0.504 e. The van der Waals surface area contributed by atoms with Crippen molar-refractivity contribution in [3.63, 3.8) is 0 Å². The molecule has 0 amide bonds. The molecule has 4 aromatic rings. The van der Waals surface area contributed by atoms with Gasteiger partial charge in [-0.25, -0.2) is 19.9 Å². The number of aromatic hydroxyl groups is 1. The predicted molar refractivity (Wildman–Crippen MR) is 115 cm³/mol. The molecule has 160 valence electrons. The lowest BCUT2D eigenvalue weighted by molar-refractivity contribution is -0.132. The van der Waals surface area contributed by atoms with Gasteiger partial charge < -0.3 is 19.3 Å². The topological polar surface area (TPSA) is 117 Å². The minimum atomic E-state index is -0.435. The van der Waals surface area contributed by atoms with Gasteiger partial charge in [-0.2, -0.15) is 0 Å². The Labute approximate surface area is 186 Å². The van der Waals surface area contributed by atoms with Gasteiger partial charge in [0.1, 0.15) is 23.0 Å². The van der Waals surface area contributed by atoms with Gasteiger partial charge in [0.2, 0.25) is 0 Å². The van der Waals surface area contributed by atoms with E-state index in [1.54, 1.807) is 18.2 Å². The number of phenols is 1. The molecule has 0 bridgehead atoms. The van der Waals surface area contributed by atoms with Crippen molar-refractivity contribution < 1.29 is 24.1 Å². The van der Waals surface area contributed by atoms with Gasteiger partial charge in [-0.15, -0.1) is 0 Å². The van der Waals surface area contributed by atoms with Gasteiger partial charge in [0, 0.05) is 29.8 Å². The van der Waals surface area contributed by atoms with Crippen LogP contribution in [0.4, 0.5) is 0 Å². The van der Waals surface area contributed by atoms with Crippen LogP contribution in [-0.4, -0.2) is 45.2 Å². The summed E-state index contributed by atoms with van der Waals surface area (Å²) in [5.74, 6) is 0.672. The maximum Gasteiger partial charge on any atom is 0.308 e. The first-order valence-corrected chi connectivity index (χ1v) is 9.43. The van der Waals surface area contributed by atoms with Crippen LogP contribution >= 0.6 is 23.2 Å². The van der Waals surface area contributed by atoms with E-state index in [1.165, 1.54) is 39.9 Å². The molecule has 31 heavy (non-hydrogen) atoms. The number of methoxy groups -OCH3 is 2. The third-order valence-corrected chi connectivity index (χ3v) is 4.62. The van der Waals surface area contributed by atoms with E-state index in [-0.39, 0.29) is 5.75 Å². The lowest BCUT2D eigenvalue weighted by Crippen LogP contribution is -2.03. The molecule has 2 heterocycles. The van der Waals surface area contributed by atoms with Crippen LogP contribution in [0.3, 0.4) is 0 Å². The van der Waals surface area contributed by atoms with Gasteiger partial charge in [0.25, 0.3) is 0 Å². The Morgan fingerprint density at radius 3 is 1.84 bits per heavy atom. The molecule has 4 rings (SSSR count). The number of ether oxygens (including phenoxy) is 3. The van der Waals surface area contributed by atoms with E-state index in [1.807, 2.05) is 0 Å². The smallest absolute Gasteiger partial charge is 0.308 e. The second kappa shape index (κ2) is 9.59. The summed E-state index contributed by atoms with van der Waals surface area (Å²) in [6.45, 7) is 1.31. The number of hydrogen-bond acceptors (Lipinski definition) is 9. The standard InChI is InChI=1S/C11H9ClN2O3.C9H7ClN2O2/c1-6(15)17-10-3-7-8(4-9(10)16-2)13-5-14-11(7)12;1-14-8-3-6-5(2-7(8)13)9(10)12-4-11-6/h3-5H,1-2H3;2-4,13H,1H3. The van der Waals surface area contributed by atoms with Crippen LogP contribution in [0.2, 0.25) is 10.3 Å². The SMILES string of the molecule is COc1cc2ncnc(Cl)c2cc1O.COc1cc2ncnc(Cl)c2cc1OC(C)=O. The number of carbonyl (C=O) groups excluding carboxylic acids is 1. The zero-order valence-corrected chi connectivity index (χ0v) is 18.1. The average molecular weight is 463 g/mol. The number of halogens is 2. The summed E-state index contributed by atoms with van der Waals surface area (Å²) in [7, 11) is 2.96. The number of nitrogens with zero attached hydrogens (tertiary/aromatic N) is 4. The number of carbonyl (C=O) groups is 1. The number of esters is 1. The van der Waals surface area contributed by atoms with Crippen LogP contribution in [0, 0.1) is 0 Å². The molecule has 0 aliphatic rings. The maximum atomic E-state index is 11.0. The Kier molecular flexibility index (Phi) is 6.88. The van der Waals surface area contributed by atoms with Crippen molar-refractivity contribution in [1.29, 1.82) is 0 Å². The summed E-state index contributed by atoms with van der Waals surface area (Å²) in [5.41, 5.74) is 1.26. The van der Waals surface area contributed by atoms with Crippen LogP contribution in [-0.2, 0) is 4.79 Å². The van der Waals surface area contributed by atoms with Crippen molar-refractivity contribution in [3.05, 3.63) is 47.2 Å². The van der Waals surface area contributed by atoms with E-state index in [0.29, 0.717) is 49.4 Å². The average Bonchev–Trinajstić information content (AvgIpc) is 2.74. The van der Waals surface area contributed by atoms with E-state index in [0.717, 1.165) is 0 Å². The second-order valence-electron chi connectivity index (χ2n) is 5.98. The van der Waals surface area contributed by atoms with Gasteiger partial charge in [-0.3, -0.25) is 4.79 Å². The van der Waals surface area contributed by atoms with Crippen molar-refractivity contribution in [3.8, 4) is 23.0 Å². The van der Waals surface area contributed by atoms with Crippen molar-refractivity contribution in [2.75, 3.05) is 14.2 Å². The van der Waals surface area contributed by atoms with Gasteiger partial charge in [-0.05, 0) is 12.1 Å². The fourth-order valence-electron chi connectivity index (χ4n) is 2.63. The monoisotopic (exact) mass is 462 g/mol. The minimum Gasteiger partial charge on any atom is -0.504 e. The van der Waals surface area contributed by atoms with Crippen LogP contribution in [0.5, 0.6) is 23.0 Å². The highest BCUT2D eigenvalue weighted by Gasteiger charge is 2.12. The second-order valence-corrected chi connectivity index (χ2v) is 6.70. The van der Waals surface area contributed by atoms with Crippen LogP contribution in [0.15, 0.2) is 36.9 Å². The van der Waals surface area contributed by atoms with E-state index in [9.17, 15) is 9.90 Å². The summed E-state index contributed by atoms with van der Waals surface area (Å²) in [5, 5.41) is 11.3. The third-order valence-electron chi connectivity index (χ3n) is 4.01. The number of phenolic OH excluding ortho intramolecular Hbond substituents is 1. The first-order valence-electron chi connectivity index (χ1n) is 8.68. The third kappa shape index (κ3) is 5.01. The molecule has 2 aromatic carbocycles. The molecular formula is C20H16Cl2N4O5. The number of hydrogen-bond donors (Lipinski definition) is 1. The normalized spacial score (nSPS) is 10.4. The number of fused-ring (bicyclic) bond motifs is 2. The van der Waals surface area contributed by atoms with E-state index in [4.69, 9.17) is 37.4 Å². The molecule has 0 saturated carbocycles. The van der Waals surface area contributed by atoms with E-state index in [2.05, 4.69) is 19.9 Å². The lowest BCUT2D eigenvalue weighted by Gasteiger charge is -2.09. The Balaban J connectivity index is 0.000000179. The van der Waals surface area contributed by atoms with Crippen LogP contribution in [0.25, 0.3) is 21.8 Å². The summed E-state index contributed by atoms with van der Waals surface area (Å²) >= 11 is 11.8. The Morgan fingerprint density at radius 2 is 1.32 bits per heavy atom. The number of aromatic nitrogens is 4. The Hall–Kier alpha value is -3.43. The van der Waals surface area contributed by atoms with Crippen molar-refractivity contribution in [1.82, 2.24) is 19.9 Å². The molecule has 0 saturated heterocycles. The Bertz CT molecular complexity index is 1270. The summed E-state index contributed by atoms with van der Waals surface area (Å²) < 4.78 is 15.1. The molecule has 1 N–H and O–H groups in total. The molecule has 0 atom stereocenters. The summed E-state index contributed by atoms with van der Waals surface area (Å²) in [4.78, 5) is 26.7. The predicted octanol–water partition coefficient (Wildman–Crippen LogP) is 4.21. The van der Waals surface area contributed by atoms with Gasteiger partial charge >= 0.3 is 5.97 Å². The molecule has 0 radical (unpaired) electrons. The van der Waals surface area contributed by atoms with Crippen LogP contribution in [0.1, 0.15) is 6.92 Å². The Morgan fingerprint density at radius 1 is 0.806 bits per heavy atom. The number of benzene rings is 2. The molecule has 11 heteroatoms. The van der Waals surface area contributed by atoms with Gasteiger partial charge in [0.05, 0.1) is 25.3 Å². The minimum absolute atomic E-state index is 0.0247. The fourth-order valence-corrected chi connectivity index (χ4v) is 3.02. The molecule has 9 nitrogen and oxygen atoms in total. The van der Waals surface area contributed by atoms with Crippen molar-refractivity contribution in [2.45, 2.75) is 6.92 Å².